The third-order valence-corrected chi connectivity index (χ3v) is 5.72. The zero-order valence-corrected chi connectivity index (χ0v) is 22.3. The Morgan fingerprint density at radius 1 is 0.757 bits per heavy atom. The van der Waals surface area contributed by atoms with Gasteiger partial charge < -0.3 is 18.9 Å². The highest BCUT2D eigenvalue weighted by Crippen LogP contribution is 2.24. The minimum absolute atomic E-state index is 0.250. The Kier molecular flexibility index (Phi) is 11.4. The number of hydrogen-bond donors (Lipinski definition) is 0. The molecule has 198 valence electrons. The van der Waals surface area contributed by atoms with Gasteiger partial charge in [-0.05, 0) is 68.7 Å². The van der Waals surface area contributed by atoms with Gasteiger partial charge in [0.2, 0.25) is 0 Å². The Balaban J connectivity index is 1.48. The van der Waals surface area contributed by atoms with Gasteiger partial charge in [0.15, 0.2) is 11.9 Å². The van der Waals surface area contributed by atoms with Crippen LogP contribution >= 0.6 is 0 Å². The van der Waals surface area contributed by atoms with Gasteiger partial charge in [-0.1, -0.05) is 38.8 Å². The predicted molar refractivity (Wildman–Crippen MR) is 145 cm³/mol. The molecule has 0 aliphatic carbocycles. The maximum absolute atomic E-state index is 12.1. The molecule has 2 atom stereocenters. The maximum atomic E-state index is 12.1. The van der Waals surface area contributed by atoms with Crippen molar-refractivity contribution >= 4 is 5.97 Å². The average molecular weight is 507 g/mol. The van der Waals surface area contributed by atoms with Crippen molar-refractivity contribution in [1.82, 2.24) is 9.97 Å². The fourth-order valence-corrected chi connectivity index (χ4v) is 3.42. The van der Waals surface area contributed by atoms with Crippen LogP contribution in [0.4, 0.5) is 0 Å². The summed E-state index contributed by atoms with van der Waals surface area (Å²) in [5.74, 6) is 1.81. The standard InChI is InChI=1S/C30H38N2O5/c1-5-7-17-34-23(4)30(33)37-22(3)21-36-28-15-11-25(12-16-28)29-31-19-26(20-32-29)24-9-13-27(14-10-24)35-18-8-6-2/h9-16,19-20,22-23H,5-8,17-18,21H2,1-4H3. The number of hydrogen-bond acceptors (Lipinski definition) is 7. The molecular formula is C30H38N2O5. The minimum atomic E-state index is -0.580. The molecule has 2 unspecified atom stereocenters. The summed E-state index contributed by atoms with van der Waals surface area (Å²) in [6.07, 6.45) is 6.78. The molecule has 37 heavy (non-hydrogen) atoms. The summed E-state index contributed by atoms with van der Waals surface area (Å²) < 4.78 is 22.4. The topological polar surface area (TPSA) is 79.8 Å². The van der Waals surface area contributed by atoms with E-state index in [1.165, 1.54) is 0 Å². The van der Waals surface area contributed by atoms with E-state index in [0.717, 1.165) is 54.7 Å². The smallest absolute Gasteiger partial charge is 0.335 e. The summed E-state index contributed by atoms with van der Waals surface area (Å²) in [6.45, 7) is 9.27. The number of carbonyl (C=O) groups is 1. The fourth-order valence-electron chi connectivity index (χ4n) is 3.42. The van der Waals surface area contributed by atoms with Crippen LogP contribution in [-0.2, 0) is 14.3 Å². The molecule has 0 aliphatic rings. The van der Waals surface area contributed by atoms with E-state index in [2.05, 4.69) is 23.8 Å². The summed E-state index contributed by atoms with van der Waals surface area (Å²) in [4.78, 5) is 21.2. The summed E-state index contributed by atoms with van der Waals surface area (Å²) >= 11 is 0. The van der Waals surface area contributed by atoms with Crippen LogP contribution in [-0.4, -0.2) is 48.0 Å². The van der Waals surface area contributed by atoms with E-state index in [-0.39, 0.29) is 12.6 Å². The largest absolute Gasteiger partial charge is 0.494 e. The second-order valence-electron chi connectivity index (χ2n) is 8.97. The van der Waals surface area contributed by atoms with Crippen molar-refractivity contribution in [2.24, 2.45) is 0 Å². The van der Waals surface area contributed by atoms with E-state index in [1.807, 2.05) is 60.9 Å². The highest BCUT2D eigenvalue weighted by atomic mass is 16.6. The number of carbonyl (C=O) groups excluding carboxylic acids is 1. The first-order valence-corrected chi connectivity index (χ1v) is 13.1. The molecule has 0 saturated heterocycles. The second kappa shape index (κ2) is 15.0. The zero-order chi connectivity index (χ0) is 26.5. The number of rotatable bonds is 15. The molecule has 7 nitrogen and oxygen atoms in total. The van der Waals surface area contributed by atoms with Crippen LogP contribution < -0.4 is 9.47 Å². The molecule has 0 fully saturated rings. The van der Waals surface area contributed by atoms with Crippen molar-refractivity contribution in [3.8, 4) is 34.0 Å². The molecule has 0 aliphatic heterocycles. The maximum Gasteiger partial charge on any atom is 0.335 e. The van der Waals surface area contributed by atoms with Crippen molar-refractivity contribution in [3.63, 3.8) is 0 Å². The van der Waals surface area contributed by atoms with Crippen molar-refractivity contribution in [3.05, 3.63) is 60.9 Å². The average Bonchev–Trinajstić information content (AvgIpc) is 2.93. The normalized spacial score (nSPS) is 12.5. The van der Waals surface area contributed by atoms with E-state index >= 15 is 0 Å². The number of aromatic nitrogens is 2. The molecule has 3 rings (SSSR count). The summed E-state index contributed by atoms with van der Waals surface area (Å²) in [7, 11) is 0. The van der Waals surface area contributed by atoms with Crippen LogP contribution in [0.15, 0.2) is 60.9 Å². The monoisotopic (exact) mass is 506 g/mol. The van der Waals surface area contributed by atoms with E-state index < -0.39 is 12.2 Å². The Hall–Kier alpha value is -3.45. The lowest BCUT2D eigenvalue weighted by Crippen LogP contribution is -2.30. The zero-order valence-electron chi connectivity index (χ0n) is 22.3. The van der Waals surface area contributed by atoms with Gasteiger partial charge in [0.1, 0.15) is 24.2 Å². The van der Waals surface area contributed by atoms with Crippen LogP contribution in [0.5, 0.6) is 11.5 Å². The molecule has 3 aromatic rings. The van der Waals surface area contributed by atoms with Gasteiger partial charge in [0.25, 0.3) is 0 Å². The second-order valence-corrected chi connectivity index (χ2v) is 8.97. The SMILES string of the molecule is CCCCOc1ccc(-c2cnc(-c3ccc(OCC(C)OC(=O)C(C)OCCCC)cc3)nc2)cc1. The van der Waals surface area contributed by atoms with Crippen LogP contribution in [0.3, 0.4) is 0 Å². The lowest BCUT2D eigenvalue weighted by atomic mass is 10.1. The van der Waals surface area contributed by atoms with Gasteiger partial charge in [0, 0.05) is 30.1 Å². The first-order chi connectivity index (χ1) is 18.0. The molecule has 7 heteroatoms. The van der Waals surface area contributed by atoms with Gasteiger partial charge in [-0.2, -0.15) is 0 Å². The third kappa shape index (κ3) is 9.17. The summed E-state index contributed by atoms with van der Waals surface area (Å²) in [6, 6.07) is 15.5. The number of esters is 1. The number of nitrogens with zero attached hydrogens (tertiary/aromatic N) is 2. The van der Waals surface area contributed by atoms with Crippen LogP contribution in [0.2, 0.25) is 0 Å². The van der Waals surface area contributed by atoms with Crippen molar-refractivity contribution in [2.45, 2.75) is 65.6 Å². The Bertz CT molecular complexity index is 1070. The van der Waals surface area contributed by atoms with E-state index in [9.17, 15) is 4.79 Å². The van der Waals surface area contributed by atoms with Crippen molar-refractivity contribution in [1.29, 1.82) is 0 Å². The van der Waals surface area contributed by atoms with E-state index in [4.69, 9.17) is 18.9 Å². The molecule has 0 spiro atoms. The van der Waals surface area contributed by atoms with Gasteiger partial charge in [-0.3, -0.25) is 0 Å². The third-order valence-electron chi connectivity index (χ3n) is 5.72. The molecule has 2 aromatic carbocycles. The van der Waals surface area contributed by atoms with E-state index in [0.29, 0.717) is 18.2 Å². The lowest BCUT2D eigenvalue weighted by molar-refractivity contribution is -0.162. The molecule has 0 saturated carbocycles. The summed E-state index contributed by atoms with van der Waals surface area (Å²) in [5, 5.41) is 0. The number of unbranched alkanes of at least 4 members (excludes halogenated alkanes) is 2. The lowest BCUT2D eigenvalue weighted by Gasteiger charge is -2.17. The molecular weight excluding hydrogens is 468 g/mol. The number of ether oxygens (including phenoxy) is 4. The van der Waals surface area contributed by atoms with E-state index in [1.54, 1.807) is 13.8 Å². The summed E-state index contributed by atoms with van der Waals surface area (Å²) in [5.41, 5.74) is 2.86. The Morgan fingerprint density at radius 2 is 1.32 bits per heavy atom. The molecule has 0 amide bonds. The first kappa shape index (κ1) is 28.1. The van der Waals surface area contributed by atoms with Gasteiger partial charge in [-0.15, -0.1) is 0 Å². The minimum Gasteiger partial charge on any atom is -0.494 e. The highest BCUT2D eigenvalue weighted by molar-refractivity contribution is 5.74. The van der Waals surface area contributed by atoms with Gasteiger partial charge in [0.05, 0.1) is 6.61 Å². The quantitative estimate of drug-likeness (QED) is 0.172. The van der Waals surface area contributed by atoms with Crippen LogP contribution in [0.1, 0.15) is 53.4 Å². The molecule has 1 aromatic heterocycles. The van der Waals surface area contributed by atoms with Crippen molar-refractivity contribution < 1.29 is 23.7 Å². The van der Waals surface area contributed by atoms with Crippen molar-refractivity contribution in [2.75, 3.05) is 19.8 Å². The van der Waals surface area contributed by atoms with Crippen LogP contribution in [0.25, 0.3) is 22.5 Å². The Labute approximate surface area is 220 Å². The molecule has 0 radical (unpaired) electrons. The fraction of sp³-hybridized carbons (Fsp3) is 0.433. The van der Waals surface area contributed by atoms with Gasteiger partial charge in [-0.25, -0.2) is 14.8 Å². The van der Waals surface area contributed by atoms with Gasteiger partial charge >= 0.3 is 5.97 Å². The van der Waals surface area contributed by atoms with Crippen LogP contribution in [0, 0.1) is 0 Å². The molecule has 0 N–H and O–H groups in total. The highest BCUT2D eigenvalue weighted by Gasteiger charge is 2.18. The molecule has 1 heterocycles. The Morgan fingerprint density at radius 3 is 1.95 bits per heavy atom. The predicted octanol–water partition coefficient (Wildman–Crippen LogP) is 6.51. The molecule has 0 bridgehead atoms. The first-order valence-electron chi connectivity index (χ1n) is 13.1. The number of benzene rings is 2.